The van der Waals surface area contributed by atoms with Crippen LogP contribution in [0.1, 0.15) is 10.4 Å². The number of methoxy groups -OCH3 is 2. The monoisotopic (exact) mass is 333 g/mol. The summed E-state index contributed by atoms with van der Waals surface area (Å²) >= 11 is 0. The van der Waals surface area contributed by atoms with Crippen LogP contribution in [-0.2, 0) is 0 Å². The summed E-state index contributed by atoms with van der Waals surface area (Å²) in [6, 6.07) is 22.4. The van der Waals surface area contributed by atoms with Gasteiger partial charge in [-0.25, -0.2) is 0 Å². The summed E-state index contributed by atoms with van der Waals surface area (Å²) in [5.41, 5.74) is 3.20. The van der Waals surface area contributed by atoms with Crippen LogP contribution in [0.2, 0.25) is 0 Å². The number of hydrogen-bond donors (Lipinski definition) is 1. The zero-order chi connectivity index (χ0) is 17.6. The van der Waals surface area contributed by atoms with Crippen molar-refractivity contribution in [3.63, 3.8) is 0 Å². The van der Waals surface area contributed by atoms with E-state index in [9.17, 15) is 4.79 Å². The van der Waals surface area contributed by atoms with E-state index >= 15 is 0 Å². The molecule has 0 aliphatic carbocycles. The lowest BCUT2D eigenvalue weighted by atomic mass is 10.0. The minimum absolute atomic E-state index is 0.147. The van der Waals surface area contributed by atoms with E-state index in [1.54, 1.807) is 26.4 Å². The quantitative estimate of drug-likeness (QED) is 0.741. The maximum atomic E-state index is 12.3. The van der Waals surface area contributed by atoms with Gasteiger partial charge in [0.05, 0.1) is 14.2 Å². The van der Waals surface area contributed by atoms with Crippen molar-refractivity contribution in [2.45, 2.75) is 0 Å². The largest absolute Gasteiger partial charge is 0.497 e. The van der Waals surface area contributed by atoms with Gasteiger partial charge in [0.25, 0.3) is 5.91 Å². The molecule has 4 nitrogen and oxygen atoms in total. The summed E-state index contributed by atoms with van der Waals surface area (Å²) in [5, 5.41) is 2.92. The third-order valence-corrected chi connectivity index (χ3v) is 3.89. The van der Waals surface area contributed by atoms with Crippen LogP contribution < -0.4 is 14.8 Å². The molecule has 0 aromatic heterocycles. The fourth-order valence-corrected chi connectivity index (χ4v) is 2.57. The molecule has 0 fully saturated rings. The highest BCUT2D eigenvalue weighted by molar-refractivity contribution is 6.04. The zero-order valence-corrected chi connectivity index (χ0v) is 14.2. The van der Waals surface area contributed by atoms with Crippen molar-refractivity contribution in [1.82, 2.24) is 0 Å². The van der Waals surface area contributed by atoms with Crippen LogP contribution in [0, 0.1) is 0 Å². The second-order valence-corrected chi connectivity index (χ2v) is 5.46. The minimum atomic E-state index is -0.147. The Morgan fingerprint density at radius 1 is 0.840 bits per heavy atom. The van der Waals surface area contributed by atoms with Crippen molar-refractivity contribution >= 4 is 11.6 Å². The van der Waals surface area contributed by atoms with E-state index in [1.807, 2.05) is 60.7 Å². The summed E-state index contributed by atoms with van der Waals surface area (Å²) in [5.74, 6) is 1.38. The molecule has 4 heteroatoms. The fourth-order valence-electron chi connectivity index (χ4n) is 2.57. The van der Waals surface area contributed by atoms with Gasteiger partial charge in [-0.15, -0.1) is 0 Å². The lowest BCUT2D eigenvalue weighted by Crippen LogP contribution is -2.11. The zero-order valence-electron chi connectivity index (χ0n) is 14.2. The van der Waals surface area contributed by atoms with E-state index < -0.39 is 0 Å². The number of anilines is 1. The van der Waals surface area contributed by atoms with Crippen LogP contribution in [0.25, 0.3) is 11.1 Å². The number of carbonyl (C=O) groups excluding carboxylic acids is 1. The third kappa shape index (κ3) is 3.80. The Bertz CT molecular complexity index is 858. The number of nitrogens with one attached hydrogen (secondary N) is 1. The van der Waals surface area contributed by atoms with Gasteiger partial charge in [0.2, 0.25) is 0 Å². The first-order chi connectivity index (χ1) is 12.2. The van der Waals surface area contributed by atoms with Crippen LogP contribution in [0.4, 0.5) is 5.69 Å². The summed E-state index contributed by atoms with van der Waals surface area (Å²) < 4.78 is 10.7. The molecule has 25 heavy (non-hydrogen) atoms. The summed E-state index contributed by atoms with van der Waals surface area (Å²) in [6.45, 7) is 0. The van der Waals surface area contributed by atoms with Gasteiger partial charge in [0, 0.05) is 16.8 Å². The van der Waals surface area contributed by atoms with E-state index in [-0.39, 0.29) is 5.91 Å². The molecule has 0 heterocycles. The van der Waals surface area contributed by atoms with Crippen LogP contribution >= 0.6 is 0 Å². The van der Waals surface area contributed by atoms with Crippen molar-refractivity contribution in [2.24, 2.45) is 0 Å². The Labute approximate surface area is 147 Å². The molecule has 3 aromatic rings. The van der Waals surface area contributed by atoms with E-state index in [0.29, 0.717) is 11.3 Å². The van der Waals surface area contributed by atoms with Crippen LogP contribution in [-0.4, -0.2) is 20.1 Å². The number of carbonyl (C=O) groups is 1. The predicted octanol–water partition coefficient (Wildman–Crippen LogP) is 4.62. The first kappa shape index (κ1) is 16.6. The second-order valence-electron chi connectivity index (χ2n) is 5.46. The molecule has 126 valence electrons. The van der Waals surface area contributed by atoms with Crippen LogP contribution in [0.15, 0.2) is 72.8 Å². The van der Waals surface area contributed by atoms with Gasteiger partial charge < -0.3 is 14.8 Å². The number of ether oxygens (including phenoxy) is 2. The lowest BCUT2D eigenvalue weighted by molar-refractivity contribution is 0.102. The number of benzene rings is 3. The normalized spacial score (nSPS) is 10.2. The predicted molar refractivity (Wildman–Crippen MR) is 99.4 cm³/mol. The number of amides is 1. The standard InChI is InChI=1S/C21H19NO3/c1-24-18-11-8-15(9-12-18)19-14-17(10-13-20(19)25-2)22-21(23)16-6-4-3-5-7-16/h3-14H,1-2H3,(H,22,23). The van der Waals surface area contributed by atoms with Crippen molar-refractivity contribution in [2.75, 3.05) is 19.5 Å². The van der Waals surface area contributed by atoms with Crippen molar-refractivity contribution < 1.29 is 14.3 Å². The number of rotatable bonds is 5. The molecule has 1 N–H and O–H groups in total. The fraction of sp³-hybridized carbons (Fsp3) is 0.0952. The summed E-state index contributed by atoms with van der Waals surface area (Å²) in [6.07, 6.45) is 0. The molecule has 0 aliphatic rings. The molecule has 0 radical (unpaired) electrons. The molecule has 3 rings (SSSR count). The molecule has 0 bridgehead atoms. The van der Waals surface area contributed by atoms with Crippen molar-refractivity contribution in [3.05, 3.63) is 78.4 Å². The minimum Gasteiger partial charge on any atom is -0.497 e. The van der Waals surface area contributed by atoms with E-state index in [0.717, 1.165) is 22.6 Å². The molecule has 3 aromatic carbocycles. The van der Waals surface area contributed by atoms with Gasteiger partial charge in [0.15, 0.2) is 0 Å². The van der Waals surface area contributed by atoms with Gasteiger partial charge in [-0.05, 0) is 48.0 Å². The summed E-state index contributed by atoms with van der Waals surface area (Å²) in [4.78, 5) is 12.3. The summed E-state index contributed by atoms with van der Waals surface area (Å²) in [7, 11) is 3.26. The van der Waals surface area contributed by atoms with Crippen molar-refractivity contribution in [1.29, 1.82) is 0 Å². The van der Waals surface area contributed by atoms with Crippen LogP contribution in [0.5, 0.6) is 11.5 Å². The molecule has 0 aliphatic heterocycles. The van der Waals surface area contributed by atoms with Gasteiger partial charge in [-0.2, -0.15) is 0 Å². The second kappa shape index (κ2) is 7.53. The van der Waals surface area contributed by atoms with Gasteiger partial charge >= 0.3 is 0 Å². The molecule has 0 saturated carbocycles. The molecular formula is C21H19NO3. The first-order valence-electron chi connectivity index (χ1n) is 7.90. The first-order valence-corrected chi connectivity index (χ1v) is 7.90. The third-order valence-electron chi connectivity index (χ3n) is 3.89. The smallest absolute Gasteiger partial charge is 0.255 e. The van der Waals surface area contributed by atoms with E-state index in [2.05, 4.69) is 5.32 Å². The molecular weight excluding hydrogens is 314 g/mol. The SMILES string of the molecule is COc1ccc(-c2cc(NC(=O)c3ccccc3)ccc2OC)cc1. The Kier molecular flexibility index (Phi) is 5.00. The highest BCUT2D eigenvalue weighted by atomic mass is 16.5. The van der Waals surface area contributed by atoms with Gasteiger partial charge in [-0.3, -0.25) is 4.79 Å². The highest BCUT2D eigenvalue weighted by Gasteiger charge is 2.10. The Morgan fingerprint density at radius 3 is 2.20 bits per heavy atom. The molecule has 0 spiro atoms. The van der Waals surface area contributed by atoms with Crippen LogP contribution in [0.3, 0.4) is 0 Å². The van der Waals surface area contributed by atoms with E-state index in [1.165, 1.54) is 0 Å². The molecule has 0 unspecified atom stereocenters. The molecule has 0 saturated heterocycles. The molecule has 1 amide bonds. The maximum absolute atomic E-state index is 12.3. The van der Waals surface area contributed by atoms with Crippen molar-refractivity contribution in [3.8, 4) is 22.6 Å². The lowest BCUT2D eigenvalue weighted by Gasteiger charge is -2.12. The molecule has 0 atom stereocenters. The topological polar surface area (TPSA) is 47.6 Å². The number of hydrogen-bond acceptors (Lipinski definition) is 3. The Morgan fingerprint density at radius 2 is 1.56 bits per heavy atom. The average Bonchev–Trinajstić information content (AvgIpc) is 2.68. The Hall–Kier alpha value is -3.27. The van der Waals surface area contributed by atoms with Gasteiger partial charge in [0.1, 0.15) is 11.5 Å². The highest BCUT2D eigenvalue weighted by Crippen LogP contribution is 2.33. The van der Waals surface area contributed by atoms with E-state index in [4.69, 9.17) is 9.47 Å². The Balaban J connectivity index is 1.90. The average molecular weight is 333 g/mol. The maximum Gasteiger partial charge on any atom is 0.255 e. The van der Waals surface area contributed by atoms with Gasteiger partial charge in [-0.1, -0.05) is 30.3 Å².